The Bertz CT molecular complexity index is 37.7. The quantitative estimate of drug-likeness (QED) is 0.596. The summed E-state index contributed by atoms with van der Waals surface area (Å²) < 4.78 is 0. The van der Waals surface area contributed by atoms with E-state index in [1.165, 1.54) is 19.4 Å². The molecule has 0 heterocycles. The molecule has 1 N–H and O–H groups in total. The summed E-state index contributed by atoms with van der Waals surface area (Å²) in [5.74, 6) is 0.657. The summed E-state index contributed by atoms with van der Waals surface area (Å²) in [4.78, 5) is 0. The summed E-state index contributed by atoms with van der Waals surface area (Å²) in [7, 11) is 0. The Morgan fingerprint density at radius 2 is 2.25 bits per heavy atom. The standard InChI is InChI=1S/C7H15O/c1-3-4-7(2)5-6-8/h6-8H,3-5H2,1-2H3. The van der Waals surface area contributed by atoms with Gasteiger partial charge in [-0.1, -0.05) is 26.7 Å². The van der Waals surface area contributed by atoms with Crippen LogP contribution in [0.4, 0.5) is 0 Å². The Morgan fingerprint density at radius 3 is 2.62 bits per heavy atom. The zero-order chi connectivity index (χ0) is 6.41. The first-order valence-corrected chi connectivity index (χ1v) is 3.27. The number of rotatable bonds is 4. The van der Waals surface area contributed by atoms with Crippen LogP contribution < -0.4 is 0 Å². The minimum absolute atomic E-state index is 0.657. The summed E-state index contributed by atoms with van der Waals surface area (Å²) >= 11 is 0. The molecule has 0 fully saturated rings. The van der Waals surface area contributed by atoms with Crippen molar-refractivity contribution in [1.29, 1.82) is 0 Å². The molecule has 0 aromatic rings. The molecule has 0 rings (SSSR count). The van der Waals surface area contributed by atoms with E-state index in [0.717, 1.165) is 6.42 Å². The fourth-order valence-electron chi connectivity index (χ4n) is 0.791. The minimum atomic E-state index is 0.657. The Hall–Kier alpha value is -0.0400. The average Bonchev–Trinajstić information content (AvgIpc) is 1.68. The predicted molar refractivity (Wildman–Crippen MR) is 34.9 cm³/mol. The third-order valence-electron chi connectivity index (χ3n) is 1.29. The molecule has 0 aromatic carbocycles. The van der Waals surface area contributed by atoms with Crippen molar-refractivity contribution in [2.24, 2.45) is 5.92 Å². The first-order chi connectivity index (χ1) is 3.81. The summed E-state index contributed by atoms with van der Waals surface area (Å²) in [5, 5.41) is 8.34. The van der Waals surface area contributed by atoms with Gasteiger partial charge in [0.25, 0.3) is 0 Å². The molecule has 1 nitrogen and oxygen atoms in total. The lowest BCUT2D eigenvalue weighted by Crippen LogP contribution is -1.92. The topological polar surface area (TPSA) is 20.2 Å². The van der Waals surface area contributed by atoms with Crippen molar-refractivity contribution >= 4 is 0 Å². The molecule has 0 saturated heterocycles. The predicted octanol–water partition coefficient (Wildman–Crippen LogP) is 2.35. The molecule has 0 amide bonds. The molecule has 1 unspecified atom stereocenters. The second kappa shape index (κ2) is 5.10. The Labute approximate surface area is 51.7 Å². The van der Waals surface area contributed by atoms with E-state index < -0.39 is 0 Å². The van der Waals surface area contributed by atoms with Gasteiger partial charge in [0.15, 0.2) is 0 Å². The van der Waals surface area contributed by atoms with Crippen molar-refractivity contribution in [2.75, 3.05) is 0 Å². The number of hydrogen-bond donors (Lipinski definition) is 1. The van der Waals surface area contributed by atoms with Crippen LogP contribution in [0, 0.1) is 12.5 Å². The van der Waals surface area contributed by atoms with Gasteiger partial charge in [0, 0.05) is 0 Å². The summed E-state index contributed by atoms with van der Waals surface area (Å²) in [6.45, 7) is 5.56. The smallest absolute Gasteiger partial charge is 0.0801 e. The van der Waals surface area contributed by atoms with Gasteiger partial charge in [-0.25, -0.2) is 0 Å². The monoisotopic (exact) mass is 115 g/mol. The van der Waals surface area contributed by atoms with Crippen molar-refractivity contribution in [1.82, 2.24) is 0 Å². The molecule has 0 spiro atoms. The number of aliphatic hydroxyl groups is 1. The largest absolute Gasteiger partial charge is 0.390 e. The average molecular weight is 115 g/mol. The fourth-order valence-corrected chi connectivity index (χ4v) is 0.791. The second-order valence-corrected chi connectivity index (χ2v) is 2.31. The van der Waals surface area contributed by atoms with Crippen LogP contribution in [-0.2, 0) is 0 Å². The lowest BCUT2D eigenvalue weighted by atomic mass is 10.0. The van der Waals surface area contributed by atoms with Crippen molar-refractivity contribution in [3.63, 3.8) is 0 Å². The van der Waals surface area contributed by atoms with Crippen LogP contribution in [0.1, 0.15) is 33.1 Å². The van der Waals surface area contributed by atoms with Gasteiger partial charge >= 0.3 is 0 Å². The normalized spacial score (nSPS) is 13.9. The second-order valence-electron chi connectivity index (χ2n) is 2.31. The molecule has 0 bridgehead atoms. The lowest BCUT2D eigenvalue weighted by molar-refractivity contribution is 0.337. The highest BCUT2D eigenvalue weighted by Crippen LogP contribution is 2.09. The molecule has 0 aliphatic rings. The maximum atomic E-state index is 8.34. The van der Waals surface area contributed by atoms with Gasteiger partial charge in [-0.15, -0.1) is 0 Å². The van der Waals surface area contributed by atoms with Crippen molar-refractivity contribution in [2.45, 2.75) is 33.1 Å². The number of hydrogen-bond acceptors (Lipinski definition) is 1. The van der Waals surface area contributed by atoms with E-state index in [4.69, 9.17) is 5.11 Å². The van der Waals surface area contributed by atoms with Gasteiger partial charge in [-0.2, -0.15) is 0 Å². The van der Waals surface area contributed by atoms with Crippen LogP contribution in [0.15, 0.2) is 0 Å². The van der Waals surface area contributed by atoms with E-state index in [-0.39, 0.29) is 0 Å². The molecule has 1 atom stereocenters. The molecule has 1 radical (unpaired) electrons. The molecule has 0 saturated carbocycles. The van der Waals surface area contributed by atoms with E-state index in [0.29, 0.717) is 5.92 Å². The highest BCUT2D eigenvalue weighted by atomic mass is 16.2. The van der Waals surface area contributed by atoms with Gasteiger partial charge in [0.05, 0.1) is 6.61 Å². The van der Waals surface area contributed by atoms with Gasteiger partial charge in [-0.05, 0) is 12.3 Å². The molecule has 8 heavy (non-hydrogen) atoms. The summed E-state index contributed by atoms with van der Waals surface area (Å²) in [6, 6.07) is 0. The SMILES string of the molecule is CCCC(C)C[CH]O. The molecular formula is C7H15O. The van der Waals surface area contributed by atoms with E-state index in [1.54, 1.807) is 0 Å². The van der Waals surface area contributed by atoms with Crippen molar-refractivity contribution in [3.05, 3.63) is 6.61 Å². The number of aliphatic hydroxyl groups excluding tert-OH is 1. The molecular weight excluding hydrogens is 100 g/mol. The first-order valence-electron chi connectivity index (χ1n) is 3.27. The van der Waals surface area contributed by atoms with Gasteiger partial charge in [-0.3, -0.25) is 0 Å². The van der Waals surface area contributed by atoms with Crippen molar-refractivity contribution < 1.29 is 5.11 Å². The van der Waals surface area contributed by atoms with Gasteiger partial charge in [0.1, 0.15) is 0 Å². The van der Waals surface area contributed by atoms with Crippen molar-refractivity contribution in [3.8, 4) is 0 Å². The van der Waals surface area contributed by atoms with Crippen LogP contribution >= 0.6 is 0 Å². The zero-order valence-electron chi connectivity index (χ0n) is 5.72. The minimum Gasteiger partial charge on any atom is -0.390 e. The molecule has 0 aliphatic carbocycles. The van der Waals surface area contributed by atoms with Gasteiger partial charge < -0.3 is 5.11 Å². The molecule has 0 aliphatic heterocycles. The van der Waals surface area contributed by atoms with Crippen LogP contribution in [-0.4, -0.2) is 5.11 Å². The van der Waals surface area contributed by atoms with Gasteiger partial charge in [0.2, 0.25) is 0 Å². The molecule has 1 heteroatoms. The van der Waals surface area contributed by atoms with E-state index in [2.05, 4.69) is 13.8 Å². The van der Waals surface area contributed by atoms with Crippen LogP contribution in [0.25, 0.3) is 0 Å². The lowest BCUT2D eigenvalue weighted by Gasteiger charge is -2.04. The Balaban J connectivity index is 2.92. The summed E-state index contributed by atoms with van der Waals surface area (Å²) in [5.41, 5.74) is 0. The zero-order valence-corrected chi connectivity index (χ0v) is 5.72. The van der Waals surface area contributed by atoms with E-state index in [9.17, 15) is 0 Å². The van der Waals surface area contributed by atoms with Crippen LogP contribution in [0.3, 0.4) is 0 Å². The van der Waals surface area contributed by atoms with Crippen LogP contribution in [0.2, 0.25) is 0 Å². The fraction of sp³-hybridized carbons (Fsp3) is 0.857. The maximum Gasteiger partial charge on any atom is 0.0801 e. The maximum absolute atomic E-state index is 8.34. The first kappa shape index (κ1) is 7.96. The van der Waals surface area contributed by atoms with E-state index in [1.807, 2.05) is 0 Å². The Morgan fingerprint density at radius 1 is 1.62 bits per heavy atom. The summed E-state index contributed by atoms with van der Waals surface area (Å²) in [6.07, 6.45) is 3.28. The molecule has 0 aromatic heterocycles. The third kappa shape index (κ3) is 4.13. The molecule has 49 valence electrons. The van der Waals surface area contributed by atoms with Crippen LogP contribution in [0.5, 0.6) is 0 Å². The highest BCUT2D eigenvalue weighted by molar-refractivity contribution is 4.56. The Kier molecular flexibility index (Phi) is 5.08. The van der Waals surface area contributed by atoms with E-state index >= 15 is 0 Å². The third-order valence-corrected chi connectivity index (χ3v) is 1.29. The highest BCUT2D eigenvalue weighted by Gasteiger charge is 1.96.